The van der Waals surface area contributed by atoms with Crippen LogP contribution in [0.5, 0.6) is 0 Å². The van der Waals surface area contributed by atoms with Gasteiger partial charge in [-0.1, -0.05) is 38.3 Å². The summed E-state index contributed by atoms with van der Waals surface area (Å²) in [5.41, 5.74) is 7.94. The smallest absolute Gasteiger partial charge is 0.243 e. The molecule has 1 aliphatic rings. The number of fused-ring (bicyclic) bond motifs is 1. The third-order valence-corrected chi connectivity index (χ3v) is 4.46. The van der Waals surface area contributed by atoms with E-state index in [1.54, 1.807) is 0 Å². The number of carbonyl (C=O) groups excluding carboxylic acids is 1. The zero-order chi connectivity index (χ0) is 15.5. The van der Waals surface area contributed by atoms with Crippen molar-refractivity contribution in [3.63, 3.8) is 0 Å². The normalized spacial score (nSPS) is 17.0. The highest BCUT2D eigenvalue weighted by atomic mass is 16.2. The largest absolute Gasteiger partial charge is 0.320 e. The number of nitrogens with zero attached hydrogens (tertiary/aromatic N) is 2. The minimum Gasteiger partial charge on any atom is -0.320 e. The Kier molecular flexibility index (Phi) is 4.43. The van der Waals surface area contributed by atoms with Crippen molar-refractivity contribution in [1.29, 1.82) is 0 Å². The molecule has 0 spiro atoms. The highest BCUT2D eigenvalue weighted by Gasteiger charge is 2.24. The topological polar surface area (TPSA) is 72.9 Å². The number of hydrogen-bond acceptors (Lipinski definition) is 3. The zero-order valence-corrected chi connectivity index (χ0v) is 13.1. The molecule has 5 nitrogen and oxygen atoms in total. The lowest BCUT2D eigenvalue weighted by atomic mass is 10.2. The molecule has 2 aromatic rings. The van der Waals surface area contributed by atoms with Crippen LogP contribution in [0, 0.1) is 0 Å². The predicted molar refractivity (Wildman–Crippen MR) is 88.8 cm³/mol. The molecule has 1 atom stereocenters. The molecule has 3 N–H and O–H groups in total. The number of hydrogen-bond donors (Lipinski definition) is 2. The molecule has 1 aromatic heterocycles. The van der Waals surface area contributed by atoms with Crippen LogP contribution in [0.1, 0.15) is 51.5 Å². The predicted octanol–water partition coefficient (Wildman–Crippen LogP) is 3.22. The fraction of sp³-hybridized carbons (Fsp3) is 0.529. The van der Waals surface area contributed by atoms with Gasteiger partial charge >= 0.3 is 0 Å². The van der Waals surface area contributed by atoms with Crippen molar-refractivity contribution in [2.24, 2.45) is 5.73 Å². The zero-order valence-electron chi connectivity index (χ0n) is 13.1. The van der Waals surface area contributed by atoms with E-state index in [4.69, 9.17) is 5.73 Å². The van der Waals surface area contributed by atoms with Crippen molar-refractivity contribution >= 4 is 22.9 Å². The lowest BCUT2D eigenvalue weighted by Gasteiger charge is -2.17. The van der Waals surface area contributed by atoms with Crippen LogP contribution >= 0.6 is 0 Å². The van der Waals surface area contributed by atoms with Crippen molar-refractivity contribution in [2.45, 2.75) is 57.5 Å². The summed E-state index contributed by atoms with van der Waals surface area (Å²) in [5, 5.41) is 2.95. The minimum absolute atomic E-state index is 0.142. The van der Waals surface area contributed by atoms with Gasteiger partial charge in [0.15, 0.2) is 0 Å². The molecular formula is C17H24N4O. The maximum atomic E-state index is 12.3. The van der Waals surface area contributed by atoms with Crippen LogP contribution in [0.3, 0.4) is 0 Å². The maximum absolute atomic E-state index is 12.3. The van der Waals surface area contributed by atoms with Gasteiger partial charge in [0, 0.05) is 6.04 Å². The number of carbonyl (C=O) groups is 1. The Hall–Kier alpha value is -1.88. The van der Waals surface area contributed by atoms with E-state index in [9.17, 15) is 4.79 Å². The van der Waals surface area contributed by atoms with Crippen LogP contribution in [-0.4, -0.2) is 21.5 Å². The Bertz CT molecular complexity index is 658. The molecule has 1 aromatic carbocycles. The summed E-state index contributed by atoms with van der Waals surface area (Å²) in [6.07, 6.45) is 6.34. The van der Waals surface area contributed by atoms with Crippen molar-refractivity contribution in [2.75, 3.05) is 5.32 Å². The average molecular weight is 300 g/mol. The molecule has 1 amide bonds. The van der Waals surface area contributed by atoms with Crippen LogP contribution in [0.4, 0.5) is 5.95 Å². The van der Waals surface area contributed by atoms with Gasteiger partial charge in [-0.2, -0.15) is 0 Å². The van der Waals surface area contributed by atoms with Gasteiger partial charge in [0.1, 0.15) is 0 Å². The van der Waals surface area contributed by atoms with Crippen molar-refractivity contribution in [3.05, 3.63) is 24.3 Å². The molecule has 1 fully saturated rings. The summed E-state index contributed by atoms with van der Waals surface area (Å²) < 4.78 is 2.19. The van der Waals surface area contributed by atoms with E-state index in [0.29, 0.717) is 18.4 Å². The number of para-hydroxylation sites is 2. The minimum atomic E-state index is -0.471. The van der Waals surface area contributed by atoms with Gasteiger partial charge in [0.05, 0.1) is 17.1 Å². The van der Waals surface area contributed by atoms with Gasteiger partial charge < -0.3 is 10.3 Å². The lowest BCUT2D eigenvalue weighted by molar-refractivity contribution is -0.117. The van der Waals surface area contributed by atoms with E-state index < -0.39 is 6.04 Å². The van der Waals surface area contributed by atoms with E-state index in [2.05, 4.69) is 20.9 Å². The molecule has 3 rings (SSSR count). The third kappa shape index (κ3) is 2.86. The van der Waals surface area contributed by atoms with Gasteiger partial charge in [-0.25, -0.2) is 4.98 Å². The number of amides is 1. The number of imidazole rings is 1. The van der Waals surface area contributed by atoms with Gasteiger partial charge in [0.25, 0.3) is 0 Å². The highest BCUT2D eigenvalue weighted by Crippen LogP contribution is 2.35. The Balaban J connectivity index is 1.94. The molecule has 1 saturated carbocycles. The van der Waals surface area contributed by atoms with E-state index in [1.165, 1.54) is 12.8 Å². The number of anilines is 1. The summed E-state index contributed by atoms with van der Waals surface area (Å²) in [7, 11) is 0. The van der Waals surface area contributed by atoms with E-state index in [1.807, 2.05) is 25.1 Å². The maximum Gasteiger partial charge on any atom is 0.243 e. The van der Waals surface area contributed by atoms with E-state index >= 15 is 0 Å². The van der Waals surface area contributed by atoms with E-state index in [-0.39, 0.29) is 5.91 Å². The van der Waals surface area contributed by atoms with Crippen molar-refractivity contribution in [3.8, 4) is 0 Å². The number of benzene rings is 1. The first-order valence-electron chi connectivity index (χ1n) is 8.24. The second kappa shape index (κ2) is 6.48. The van der Waals surface area contributed by atoms with Gasteiger partial charge in [-0.05, 0) is 31.4 Å². The number of nitrogens with two attached hydrogens (primary N) is 1. The Labute approximate surface area is 130 Å². The SMILES string of the molecule is CCCC(N)C(=O)Nc1nc2ccccc2n1C1CCCC1. The highest BCUT2D eigenvalue weighted by molar-refractivity contribution is 5.95. The molecule has 0 bridgehead atoms. The van der Waals surface area contributed by atoms with Crippen molar-refractivity contribution < 1.29 is 4.79 Å². The first kappa shape index (κ1) is 15.0. The quantitative estimate of drug-likeness (QED) is 0.890. The lowest BCUT2D eigenvalue weighted by Crippen LogP contribution is -2.36. The number of nitrogens with one attached hydrogen (secondary N) is 1. The van der Waals surface area contributed by atoms with Crippen LogP contribution in [0.15, 0.2) is 24.3 Å². The van der Waals surface area contributed by atoms with Crippen molar-refractivity contribution in [1.82, 2.24) is 9.55 Å². The van der Waals surface area contributed by atoms with Crippen LogP contribution in [-0.2, 0) is 4.79 Å². The molecule has 22 heavy (non-hydrogen) atoms. The molecule has 1 aliphatic carbocycles. The summed E-state index contributed by atoms with van der Waals surface area (Å²) in [5.74, 6) is 0.501. The number of rotatable bonds is 5. The second-order valence-corrected chi connectivity index (χ2v) is 6.12. The van der Waals surface area contributed by atoms with Gasteiger partial charge in [-0.15, -0.1) is 0 Å². The molecule has 1 heterocycles. The first-order chi connectivity index (χ1) is 10.7. The summed E-state index contributed by atoms with van der Waals surface area (Å²) in [4.78, 5) is 16.9. The summed E-state index contributed by atoms with van der Waals surface area (Å²) in [6, 6.07) is 8.00. The monoisotopic (exact) mass is 300 g/mol. The Morgan fingerprint density at radius 2 is 2.14 bits per heavy atom. The van der Waals surface area contributed by atoms with Crippen LogP contribution in [0.2, 0.25) is 0 Å². The molecule has 0 radical (unpaired) electrons. The molecule has 1 unspecified atom stereocenters. The van der Waals surface area contributed by atoms with Gasteiger partial charge in [0.2, 0.25) is 11.9 Å². The average Bonchev–Trinajstić information content (AvgIpc) is 3.13. The molecule has 5 heteroatoms. The third-order valence-electron chi connectivity index (χ3n) is 4.46. The Morgan fingerprint density at radius 3 is 2.86 bits per heavy atom. The first-order valence-corrected chi connectivity index (χ1v) is 8.24. The second-order valence-electron chi connectivity index (χ2n) is 6.12. The van der Waals surface area contributed by atoms with Crippen LogP contribution < -0.4 is 11.1 Å². The summed E-state index contributed by atoms with van der Waals surface area (Å²) in [6.45, 7) is 2.03. The fourth-order valence-electron chi connectivity index (χ4n) is 3.31. The molecule has 0 aliphatic heterocycles. The Morgan fingerprint density at radius 1 is 1.41 bits per heavy atom. The number of aromatic nitrogens is 2. The van der Waals surface area contributed by atoms with Gasteiger partial charge in [-0.3, -0.25) is 10.1 Å². The van der Waals surface area contributed by atoms with Crippen LogP contribution in [0.25, 0.3) is 11.0 Å². The van der Waals surface area contributed by atoms with E-state index in [0.717, 1.165) is 30.3 Å². The molecule has 0 saturated heterocycles. The molecular weight excluding hydrogens is 276 g/mol. The summed E-state index contributed by atoms with van der Waals surface area (Å²) >= 11 is 0. The fourth-order valence-corrected chi connectivity index (χ4v) is 3.31. The molecule has 118 valence electrons. The standard InChI is InChI=1S/C17H24N4O/c1-2-7-13(18)16(22)20-17-19-14-10-5-6-11-15(14)21(17)12-8-3-4-9-12/h5-6,10-13H,2-4,7-9,18H2,1H3,(H,19,20,22).